The topological polar surface area (TPSA) is 38.8 Å². The van der Waals surface area contributed by atoms with Gasteiger partial charge in [0.2, 0.25) is 0 Å². The molecule has 1 heterocycles. The van der Waals surface area contributed by atoms with Gasteiger partial charge in [-0.15, -0.1) is 0 Å². The Labute approximate surface area is 131 Å². The van der Waals surface area contributed by atoms with E-state index < -0.39 is 25.2 Å². The molecule has 3 nitrogen and oxygen atoms in total. The van der Waals surface area contributed by atoms with Gasteiger partial charge in [0.25, 0.3) is 0 Å². The van der Waals surface area contributed by atoms with E-state index in [9.17, 15) is 4.79 Å². The molecule has 1 aliphatic heterocycles. The zero-order valence-electron chi connectivity index (χ0n) is 17.7. The molecule has 118 valence electrons. The highest BCUT2D eigenvalue weighted by atomic mass is 16.6. The van der Waals surface area contributed by atoms with Crippen molar-refractivity contribution in [3.8, 4) is 0 Å². The number of hydrogen-bond acceptors (Lipinski definition) is 3. The molecular formula is C17H32O3. The van der Waals surface area contributed by atoms with Crippen LogP contribution in [0.1, 0.15) is 90.8 Å². The Balaban J connectivity index is 2.01. The third-order valence-corrected chi connectivity index (χ3v) is 3.45. The second kappa shape index (κ2) is 12.2. The van der Waals surface area contributed by atoms with Gasteiger partial charge in [0.15, 0.2) is 0 Å². The lowest BCUT2D eigenvalue weighted by Crippen LogP contribution is -2.09. The number of rotatable bonds is 14. The van der Waals surface area contributed by atoms with Gasteiger partial charge in [-0.1, -0.05) is 71.1 Å². The Hall–Kier alpha value is -0.570. The molecule has 0 aromatic carbocycles. The minimum absolute atomic E-state index is 0.0790. The van der Waals surface area contributed by atoms with Crippen LogP contribution in [0.2, 0.25) is 0 Å². The van der Waals surface area contributed by atoms with E-state index in [0.717, 1.165) is 19.3 Å². The molecule has 1 rings (SSSR count). The Kier molecular flexibility index (Phi) is 6.74. The molecule has 1 aliphatic rings. The van der Waals surface area contributed by atoms with E-state index >= 15 is 0 Å². The average molecular weight is 289 g/mol. The third-order valence-electron chi connectivity index (χ3n) is 3.45. The summed E-state index contributed by atoms with van der Waals surface area (Å²) in [6, 6.07) is 0. The summed E-state index contributed by atoms with van der Waals surface area (Å²) in [5.41, 5.74) is 0. The molecule has 0 spiro atoms. The van der Waals surface area contributed by atoms with Crippen LogP contribution in [0.25, 0.3) is 0 Å². The van der Waals surface area contributed by atoms with Crippen molar-refractivity contribution in [1.82, 2.24) is 0 Å². The highest BCUT2D eigenvalue weighted by Gasteiger charge is 2.23. The first-order valence-electron chi connectivity index (χ1n) is 10.6. The van der Waals surface area contributed by atoms with E-state index in [1.54, 1.807) is 0 Å². The van der Waals surface area contributed by atoms with E-state index in [0.29, 0.717) is 6.42 Å². The van der Waals surface area contributed by atoms with Crippen molar-refractivity contribution in [2.75, 3.05) is 13.1 Å². The molecule has 1 fully saturated rings. The molecular weight excluding hydrogens is 252 g/mol. The molecule has 0 aromatic heterocycles. The van der Waals surface area contributed by atoms with Crippen LogP contribution in [0.15, 0.2) is 0 Å². The van der Waals surface area contributed by atoms with Crippen molar-refractivity contribution in [2.45, 2.75) is 90.1 Å². The van der Waals surface area contributed by atoms with Gasteiger partial charge in [0, 0.05) is 6.42 Å². The summed E-state index contributed by atoms with van der Waals surface area (Å²) in [4.78, 5) is 11.7. The molecule has 0 saturated carbocycles. The smallest absolute Gasteiger partial charge is 0.305 e. The summed E-state index contributed by atoms with van der Waals surface area (Å²) >= 11 is 0. The maximum Gasteiger partial charge on any atom is 0.305 e. The molecule has 0 N–H and O–H groups in total. The van der Waals surface area contributed by atoms with Crippen LogP contribution >= 0.6 is 0 Å². The molecule has 20 heavy (non-hydrogen) atoms. The molecule has 1 saturated heterocycles. The van der Waals surface area contributed by atoms with Crippen LogP contribution in [-0.2, 0) is 14.3 Å². The SMILES string of the molecule is [2H]C([2H])(OC(=O)CCCCCCCCCCCCC)C1([2H])OC1([2H])[2H]. The number of unbranched alkanes of at least 4 members (excludes halogenated alkanes) is 10. The number of hydrogen-bond donors (Lipinski definition) is 0. The molecule has 1 unspecified atom stereocenters. The predicted molar refractivity (Wildman–Crippen MR) is 81.8 cm³/mol. The molecule has 0 aliphatic carbocycles. The second-order valence-corrected chi connectivity index (χ2v) is 5.39. The van der Waals surface area contributed by atoms with Crippen LogP contribution in [0.5, 0.6) is 0 Å². The van der Waals surface area contributed by atoms with Crippen molar-refractivity contribution in [2.24, 2.45) is 0 Å². The van der Waals surface area contributed by atoms with Crippen molar-refractivity contribution >= 4 is 5.97 Å². The number of carbonyl (C=O) groups excluding carboxylic acids is 1. The normalized spacial score (nSPS) is 27.8. The average Bonchev–Trinajstić information content (AvgIpc) is 3.05. The first-order valence-corrected chi connectivity index (χ1v) is 8.08. The quantitative estimate of drug-likeness (QED) is 0.266. The maximum atomic E-state index is 11.7. The van der Waals surface area contributed by atoms with Gasteiger partial charge in [-0.2, -0.15) is 0 Å². The van der Waals surface area contributed by atoms with Crippen molar-refractivity contribution < 1.29 is 21.1 Å². The predicted octanol–water partition coefficient (Wildman–Crippen LogP) is 4.63. The van der Waals surface area contributed by atoms with Gasteiger partial charge in [0.1, 0.15) is 12.6 Å². The van der Waals surface area contributed by atoms with Gasteiger partial charge >= 0.3 is 5.97 Å². The van der Waals surface area contributed by atoms with Crippen LogP contribution in [-0.4, -0.2) is 25.2 Å². The zero-order valence-corrected chi connectivity index (χ0v) is 12.7. The van der Waals surface area contributed by atoms with Crippen molar-refractivity contribution in [3.63, 3.8) is 0 Å². The second-order valence-electron chi connectivity index (χ2n) is 5.39. The van der Waals surface area contributed by atoms with Gasteiger partial charge < -0.3 is 9.47 Å². The fraction of sp³-hybridized carbons (Fsp3) is 0.941. The third kappa shape index (κ3) is 11.3. The van der Waals surface area contributed by atoms with Crippen LogP contribution in [0.3, 0.4) is 0 Å². The molecule has 0 radical (unpaired) electrons. The van der Waals surface area contributed by atoms with Gasteiger partial charge in [-0.25, -0.2) is 0 Å². The fourth-order valence-electron chi connectivity index (χ4n) is 2.16. The lowest BCUT2D eigenvalue weighted by atomic mass is 10.1. The fourth-order valence-corrected chi connectivity index (χ4v) is 2.16. The standard InChI is InChI=1S/C17H32O3/c1-2-3-4-5-6-7-8-9-10-11-12-13-17(18)20-15-16-14-19-16/h16H,2-15H2,1H3/i14D2,15D2,16D. The first-order chi connectivity index (χ1) is 11.7. The Morgan fingerprint density at radius 1 is 1.15 bits per heavy atom. The Bertz CT molecular complexity index is 417. The lowest BCUT2D eigenvalue weighted by molar-refractivity contribution is -0.144. The molecule has 1 atom stereocenters. The minimum Gasteiger partial charge on any atom is -0.463 e. The van der Waals surface area contributed by atoms with Gasteiger partial charge in [0.05, 0.1) is 13.4 Å². The van der Waals surface area contributed by atoms with Crippen LogP contribution in [0.4, 0.5) is 0 Å². The molecule has 0 aromatic rings. The van der Waals surface area contributed by atoms with E-state index in [1.807, 2.05) is 0 Å². The van der Waals surface area contributed by atoms with Crippen molar-refractivity contribution in [3.05, 3.63) is 0 Å². The maximum absolute atomic E-state index is 11.7. The largest absolute Gasteiger partial charge is 0.463 e. The lowest BCUT2D eigenvalue weighted by Gasteiger charge is -2.03. The van der Waals surface area contributed by atoms with Crippen molar-refractivity contribution in [1.29, 1.82) is 0 Å². The van der Waals surface area contributed by atoms with E-state index in [4.69, 9.17) is 6.85 Å². The summed E-state index contributed by atoms with van der Waals surface area (Å²) in [5.74, 6) is -0.751. The first kappa shape index (κ1) is 11.1. The Morgan fingerprint density at radius 2 is 1.65 bits per heavy atom. The summed E-state index contributed by atoms with van der Waals surface area (Å²) in [6.07, 6.45) is 10.3. The number of ether oxygens (including phenoxy) is 2. The highest BCUT2D eigenvalue weighted by molar-refractivity contribution is 5.69. The number of esters is 1. The van der Waals surface area contributed by atoms with Gasteiger partial charge in [-0.3, -0.25) is 4.79 Å². The van der Waals surface area contributed by atoms with E-state index in [2.05, 4.69) is 16.4 Å². The molecule has 0 bridgehead atoms. The van der Waals surface area contributed by atoms with E-state index in [1.165, 1.54) is 44.9 Å². The molecule has 0 amide bonds. The minimum atomic E-state index is -2.79. The number of carbonyl (C=O) groups is 1. The summed E-state index contributed by atoms with van der Waals surface area (Å²) in [7, 11) is 0. The molecule has 3 heteroatoms. The number of epoxide rings is 1. The van der Waals surface area contributed by atoms with E-state index in [-0.39, 0.29) is 6.42 Å². The van der Waals surface area contributed by atoms with Gasteiger partial charge in [-0.05, 0) is 6.42 Å². The monoisotopic (exact) mass is 289 g/mol. The highest BCUT2D eigenvalue weighted by Crippen LogP contribution is 2.13. The Morgan fingerprint density at radius 3 is 2.15 bits per heavy atom. The summed E-state index contributed by atoms with van der Waals surface area (Å²) < 4.78 is 46.2. The van der Waals surface area contributed by atoms with Crippen LogP contribution < -0.4 is 0 Å². The summed E-state index contributed by atoms with van der Waals surface area (Å²) in [5, 5.41) is 0. The van der Waals surface area contributed by atoms with Crippen LogP contribution in [0, 0.1) is 0 Å². The zero-order chi connectivity index (χ0) is 19.0. The summed E-state index contributed by atoms with van der Waals surface area (Å²) in [6.45, 7) is -2.99.